The van der Waals surface area contributed by atoms with Crippen LogP contribution in [-0.2, 0) is 19.0 Å². The molecule has 23 heavy (non-hydrogen) atoms. The zero-order valence-corrected chi connectivity index (χ0v) is 12.1. The molecule has 0 saturated heterocycles. The number of halogens is 3. The summed E-state index contributed by atoms with van der Waals surface area (Å²) in [6, 6.07) is 7.15. The molecule has 1 aliphatic carbocycles. The van der Waals surface area contributed by atoms with Crippen LogP contribution in [0.1, 0.15) is 28.9 Å². The predicted octanol–water partition coefficient (Wildman–Crippen LogP) is 3.34. The van der Waals surface area contributed by atoms with Gasteiger partial charge in [-0.3, -0.25) is 4.98 Å². The van der Waals surface area contributed by atoms with Gasteiger partial charge in [-0.05, 0) is 43.0 Å². The Kier molecular flexibility index (Phi) is 3.90. The Bertz CT molecular complexity index is 765. The number of pyridine rings is 2. The number of hydrogen-bond donors (Lipinski definition) is 1. The summed E-state index contributed by atoms with van der Waals surface area (Å²) < 4.78 is 38.7. The van der Waals surface area contributed by atoms with E-state index < -0.39 is 11.7 Å². The molecule has 2 aromatic heterocycles. The van der Waals surface area contributed by atoms with Crippen LogP contribution in [0.4, 0.5) is 19.0 Å². The van der Waals surface area contributed by atoms with Crippen molar-refractivity contribution in [3.05, 3.63) is 53.0 Å². The average Bonchev–Trinajstić information content (AvgIpc) is 2.53. The molecule has 1 aliphatic rings. The third kappa shape index (κ3) is 3.42. The fourth-order valence-corrected chi connectivity index (χ4v) is 2.72. The number of rotatable bonds is 2. The lowest BCUT2D eigenvalue weighted by atomic mass is 9.92. The van der Waals surface area contributed by atoms with Crippen LogP contribution in [0.25, 0.3) is 0 Å². The smallest absolute Gasteiger partial charge is 0.367 e. The largest absolute Gasteiger partial charge is 0.416 e. The van der Waals surface area contributed by atoms with Gasteiger partial charge < -0.3 is 5.32 Å². The molecule has 7 heteroatoms. The summed E-state index contributed by atoms with van der Waals surface area (Å²) in [6.45, 7) is 0. The second-order valence-corrected chi connectivity index (χ2v) is 5.43. The van der Waals surface area contributed by atoms with Crippen molar-refractivity contribution in [3.63, 3.8) is 0 Å². The zero-order chi connectivity index (χ0) is 16.4. The van der Waals surface area contributed by atoms with Crippen molar-refractivity contribution in [1.82, 2.24) is 9.97 Å². The maximum Gasteiger partial charge on any atom is 0.416 e. The lowest BCUT2D eigenvalue weighted by molar-refractivity contribution is -0.137. The van der Waals surface area contributed by atoms with E-state index in [2.05, 4.69) is 15.3 Å². The first kappa shape index (κ1) is 15.3. The van der Waals surface area contributed by atoms with E-state index in [0.29, 0.717) is 6.42 Å². The Hall–Kier alpha value is -2.62. The number of fused-ring (bicyclic) bond motifs is 1. The number of nitrogens with one attached hydrogen (secondary N) is 1. The number of aryl methyl sites for hydroxylation is 1. The van der Waals surface area contributed by atoms with Gasteiger partial charge in [0.15, 0.2) is 0 Å². The first-order chi connectivity index (χ1) is 11.0. The third-order valence-electron chi connectivity index (χ3n) is 3.80. The summed E-state index contributed by atoms with van der Waals surface area (Å²) in [5.74, 6) is 0.0775. The molecular weight excluding hydrogens is 305 g/mol. The van der Waals surface area contributed by atoms with Crippen molar-refractivity contribution in [2.45, 2.75) is 31.5 Å². The van der Waals surface area contributed by atoms with Crippen LogP contribution >= 0.6 is 0 Å². The van der Waals surface area contributed by atoms with Crippen molar-refractivity contribution in [2.24, 2.45) is 0 Å². The highest BCUT2D eigenvalue weighted by Crippen LogP contribution is 2.31. The third-order valence-corrected chi connectivity index (χ3v) is 3.80. The van der Waals surface area contributed by atoms with Crippen LogP contribution in [0.3, 0.4) is 0 Å². The van der Waals surface area contributed by atoms with Crippen molar-refractivity contribution in [3.8, 4) is 6.07 Å². The molecule has 1 N–H and O–H groups in total. The van der Waals surface area contributed by atoms with Crippen LogP contribution in [0, 0.1) is 11.3 Å². The molecule has 118 valence electrons. The van der Waals surface area contributed by atoms with Crippen molar-refractivity contribution < 1.29 is 13.2 Å². The number of anilines is 1. The zero-order valence-electron chi connectivity index (χ0n) is 12.1. The minimum absolute atomic E-state index is 0.0331. The first-order valence-electron chi connectivity index (χ1n) is 7.14. The van der Waals surface area contributed by atoms with Gasteiger partial charge in [-0.1, -0.05) is 6.07 Å². The molecule has 0 bridgehead atoms. The van der Waals surface area contributed by atoms with Crippen LogP contribution in [0.5, 0.6) is 0 Å². The molecule has 0 radical (unpaired) electrons. The normalized spacial score (nSPS) is 17.2. The number of nitriles is 1. The molecule has 3 rings (SSSR count). The van der Waals surface area contributed by atoms with Gasteiger partial charge in [0.25, 0.3) is 0 Å². The Balaban J connectivity index is 1.82. The summed E-state index contributed by atoms with van der Waals surface area (Å²) in [5, 5.41) is 11.9. The Labute approximate surface area is 131 Å². The Morgan fingerprint density at radius 2 is 2.13 bits per heavy atom. The van der Waals surface area contributed by atoms with Gasteiger partial charge in [0.1, 0.15) is 17.6 Å². The molecule has 2 aromatic rings. The number of aromatic nitrogens is 2. The molecule has 1 atom stereocenters. The molecule has 0 aromatic carbocycles. The van der Waals surface area contributed by atoms with Gasteiger partial charge >= 0.3 is 6.18 Å². The van der Waals surface area contributed by atoms with Crippen molar-refractivity contribution in [1.29, 1.82) is 5.26 Å². The van der Waals surface area contributed by atoms with Gasteiger partial charge in [-0.15, -0.1) is 0 Å². The van der Waals surface area contributed by atoms with E-state index in [9.17, 15) is 13.2 Å². The summed E-state index contributed by atoms with van der Waals surface area (Å²) in [5.41, 5.74) is 0.994. The number of hydrogen-bond acceptors (Lipinski definition) is 4. The molecule has 2 heterocycles. The first-order valence-corrected chi connectivity index (χ1v) is 7.14. The van der Waals surface area contributed by atoms with E-state index >= 15 is 0 Å². The molecule has 1 unspecified atom stereocenters. The number of nitrogens with zero attached hydrogens (tertiary/aromatic N) is 3. The standard InChI is InChI=1S/C16H13F3N4/c17-16(18,19)11-7-13(9-20)23-15(8-11)22-12-3-4-14-10(6-12)2-1-5-21-14/h1-2,5,7-8,12H,3-4,6H2,(H,22,23). The van der Waals surface area contributed by atoms with Gasteiger partial charge in [0, 0.05) is 17.9 Å². The molecule has 0 fully saturated rings. The topological polar surface area (TPSA) is 61.6 Å². The minimum Gasteiger partial charge on any atom is -0.367 e. The quantitative estimate of drug-likeness (QED) is 0.922. The van der Waals surface area contributed by atoms with Crippen LogP contribution < -0.4 is 5.32 Å². The van der Waals surface area contributed by atoms with Crippen LogP contribution in [0.2, 0.25) is 0 Å². The van der Waals surface area contributed by atoms with E-state index in [1.807, 2.05) is 12.1 Å². The van der Waals surface area contributed by atoms with Crippen LogP contribution in [0.15, 0.2) is 30.5 Å². The van der Waals surface area contributed by atoms with Crippen molar-refractivity contribution in [2.75, 3.05) is 5.32 Å². The summed E-state index contributed by atoms with van der Waals surface area (Å²) >= 11 is 0. The maximum atomic E-state index is 12.9. The Morgan fingerprint density at radius 3 is 2.87 bits per heavy atom. The second-order valence-electron chi connectivity index (χ2n) is 5.43. The summed E-state index contributed by atoms with van der Waals surface area (Å²) in [4.78, 5) is 8.23. The van der Waals surface area contributed by atoms with Gasteiger partial charge in [-0.2, -0.15) is 18.4 Å². The highest BCUT2D eigenvalue weighted by molar-refractivity contribution is 5.45. The van der Waals surface area contributed by atoms with E-state index in [0.717, 1.165) is 36.2 Å². The predicted molar refractivity (Wildman–Crippen MR) is 77.6 cm³/mol. The summed E-state index contributed by atoms with van der Waals surface area (Å²) in [6.07, 6.45) is -0.584. The van der Waals surface area contributed by atoms with E-state index in [-0.39, 0.29) is 17.6 Å². The SMILES string of the molecule is N#Cc1cc(C(F)(F)F)cc(NC2CCc3ncccc3C2)n1. The Morgan fingerprint density at radius 1 is 1.30 bits per heavy atom. The maximum absolute atomic E-state index is 12.9. The fourth-order valence-electron chi connectivity index (χ4n) is 2.72. The molecule has 4 nitrogen and oxygen atoms in total. The van der Waals surface area contributed by atoms with E-state index in [1.54, 1.807) is 12.3 Å². The minimum atomic E-state index is -4.51. The molecular formula is C16H13F3N4. The lowest BCUT2D eigenvalue weighted by Gasteiger charge is -2.25. The van der Waals surface area contributed by atoms with Crippen molar-refractivity contribution >= 4 is 5.82 Å². The van der Waals surface area contributed by atoms with Gasteiger partial charge in [0.2, 0.25) is 0 Å². The highest BCUT2D eigenvalue weighted by Gasteiger charge is 2.32. The highest BCUT2D eigenvalue weighted by atomic mass is 19.4. The molecule has 0 saturated carbocycles. The fraction of sp³-hybridized carbons (Fsp3) is 0.312. The van der Waals surface area contributed by atoms with Crippen LogP contribution in [-0.4, -0.2) is 16.0 Å². The molecule has 0 aliphatic heterocycles. The van der Waals surface area contributed by atoms with E-state index in [1.165, 1.54) is 0 Å². The van der Waals surface area contributed by atoms with Gasteiger partial charge in [0.05, 0.1) is 5.56 Å². The molecule has 0 amide bonds. The monoisotopic (exact) mass is 318 g/mol. The number of alkyl halides is 3. The van der Waals surface area contributed by atoms with E-state index in [4.69, 9.17) is 5.26 Å². The second kappa shape index (κ2) is 5.88. The average molecular weight is 318 g/mol. The lowest BCUT2D eigenvalue weighted by Crippen LogP contribution is -2.28. The van der Waals surface area contributed by atoms with Gasteiger partial charge in [-0.25, -0.2) is 4.98 Å². The molecule has 0 spiro atoms. The summed E-state index contributed by atoms with van der Waals surface area (Å²) in [7, 11) is 0.